The highest BCUT2D eigenvalue weighted by Gasteiger charge is 2.04. The summed E-state index contributed by atoms with van der Waals surface area (Å²) in [6.45, 7) is 4.14. The van der Waals surface area contributed by atoms with Crippen LogP contribution in [0.25, 0.3) is 6.08 Å². The Morgan fingerprint density at radius 1 is 1.32 bits per heavy atom. The largest absolute Gasteiger partial charge is 0.452 e. The van der Waals surface area contributed by atoms with E-state index in [0.717, 1.165) is 5.56 Å². The molecule has 0 atom stereocenters. The first-order chi connectivity index (χ1) is 10.5. The van der Waals surface area contributed by atoms with E-state index in [1.54, 1.807) is 6.08 Å². The molecule has 0 saturated carbocycles. The summed E-state index contributed by atoms with van der Waals surface area (Å²) >= 11 is 0. The van der Waals surface area contributed by atoms with Crippen LogP contribution in [0.4, 0.5) is 0 Å². The van der Waals surface area contributed by atoms with E-state index in [1.165, 1.54) is 11.6 Å². The molecular formula is C17H20N2O3. The fraction of sp³-hybridized carbons (Fsp3) is 0.353. The molecule has 1 rings (SSSR count). The lowest BCUT2D eigenvalue weighted by Crippen LogP contribution is -2.29. The van der Waals surface area contributed by atoms with Gasteiger partial charge in [-0.2, -0.15) is 5.26 Å². The number of carbonyl (C=O) groups excluding carboxylic acids is 2. The molecule has 0 unspecified atom stereocenters. The van der Waals surface area contributed by atoms with Crippen LogP contribution in [0, 0.1) is 11.3 Å². The number of amides is 1. The maximum atomic E-state index is 11.5. The summed E-state index contributed by atoms with van der Waals surface area (Å²) in [6, 6.07) is 9.78. The number of nitriles is 1. The van der Waals surface area contributed by atoms with Gasteiger partial charge in [0.05, 0.1) is 12.5 Å². The molecule has 1 aromatic carbocycles. The molecule has 0 heterocycles. The van der Waals surface area contributed by atoms with Gasteiger partial charge in [-0.05, 0) is 23.1 Å². The third-order valence-electron chi connectivity index (χ3n) is 2.92. The van der Waals surface area contributed by atoms with Gasteiger partial charge in [0.15, 0.2) is 6.61 Å². The molecule has 0 fully saturated rings. The van der Waals surface area contributed by atoms with Crippen molar-refractivity contribution in [2.75, 3.05) is 13.2 Å². The van der Waals surface area contributed by atoms with E-state index in [4.69, 9.17) is 10.00 Å². The zero-order valence-electron chi connectivity index (χ0n) is 12.8. The molecule has 116 valence electrons. The van der Waals surface area contributed by atoms with E-state index < -0.39 is 11.9 Å². The number of nitrogens with zero attached hydrogens (tertiary/aromatic N) is 1. The fourth-order valence-corrected chi connectivity index (χ4v) is 1.65. The zero-order valence-corrected chi connectivity index (χ0v) is 12.8. The maximum absolute atomic E-state index is 11.5. The highest BCUT2D eigenvalue weighted by Crippen LogP contribution is 2.15. The van der Waals surface area contributed by atoms with Gasteiger partial charge in [0.25, 0.3) is 5.91 Å². The number of nitrogens with one attached hydrogen (secondary N) is 1. The maximum Gasteiger partial charge on any atom is 0.331 e. The standard InChI is InChI=1S/C17H20N2O3/c1-13(2)15-7-4-14(5-8-15)6-9-17(21)22-12-16(20)19-11-3-10-18/h4-9,13H,3,11-12H2,1-2H3,(H,19,20)/b9-6+. The third kappa shape index (κ3) is 6.71. The van der Waals surface area contributed by atoms with E-state index in [9.17, 15) is 9.59 Å². The summed E-state index contributed by atoms with van der Waals surface area (Å²) in [4.78, 5) is 22.8. The molecule has 0 aromatic heterocycles. The summed E-state index contributed by atoms with van der Waals surface area (Å²) in [5.41, 5.74) is 2.12. The van der Waals surface area contributed by atoms with Crippen molar-refractivity contribution in [1.29, 1.82) is 5.26 Å². The van der Waals surface area contributed by atoms with Crippen molar-refractivity contribution in [2.24, 2.45) is 0 Å². The highest BCUT2D eigenvalue weighted by molar-refractivity contribution is 5.89. The average Bonchev–Trinajstić information content (AvgIpc) is 2.51. The van der Waals surface area contributed by atoms with Gasteiger partial charge in [-0.25, -0.2) is 4.79 Å². The van der Waals surface area contributed by atoms with E-state index in [0.29, 0.717) is 5.92 Å². The molecule has 0 aliphatic heterocycles. The summed E-state index contributed by atoms with van der Waals surface area (Å²) in [5.74, 6) is -0.538. The van der Waals surface area contributed by atoms with Crippen LogP contribution in [0.2, 0.25) is 0 Å². The normalized spacial score (nSPS) is 10.5. The first-order valence-electron chi connectivity index (χ1n) is 7.11. The van der Waals surface area contributed by atoms with Crippen LogP contribution in [0.5, 0.6) is 0 Å². The zero-order chi connectivity index (χ0) is 16.4. The second-order valence-electron chi connectivity index (χ2n) is 5.02. The summed E-state index contributed by atoms with van der Waals surface area (Å²) in [6.07, 6.45) is 3.15. The van der Waals surface area contributed by atoms with Crippen LogP contribution < -0.4 is 5.32 Å². The molecule has 0 saturated heterocycles. The Bertz CT molecular complexity index is 569. The SMILES string of the molecule is CC(C)c1ccc(/C=C/C(=O)OCC(=O)NCCC#N)cc1. The monoisotopic (exact) mass is 300 g/mol. The molecule has 1 N–H and O–H groups in total. The van der Waals surface area contributed by atoms with Crippen LogP contribution in [0.3, 0.4) is 0 Å². The molecule has 5 heteroatoms. The second kappa shape index (κ2) is 9.35. The average molecular weight is 300 g/mol. The lowest BCUT2D eigenvalue weighted by molar-refractivity contribution is -0.143. The van der Waals surface area contributed by atoms with Gasteiger partial charge in [-0.15, -0.1) is 0 Å². The minimum Gasteiger partial charge on any atom is -0.452 e. The lowest BCUT2D eigenvalue weighted by Gasteiger charge is -2.05. The van der Waals surface area contributed by atoms with Crippen LogP contribution >= 0.6 is 0 Å². The number of esters is 1. The van der Waals surface area contributed by atoms with E-state index in [1.807, 2.05) is 30.3 Å². The minimum atomic E-state index is -0.580. The van der Waals surface area contributed by atoms with Gasteiger partial charge in [-0.1, -0.05) is 38.1 Å². The van der Waals surface area contributed by atoms with Crippen LogP contribution in [0.15, 0.2) is 30.3 Å². The Labute approximate surface area is 130 Å². The molecule has 0 spiro atoms. The van der Waals surface area contributed by atoms with Crippen molar-refractivity contribution in [3.63, 3.8) is 0 Å². The van der Waals surface area contributed by atoms with Gasteiger partial charge in [-0.3, -0.25) is 4.79 Å². The summed E-state index contributed by atoms with van der Waals surface area (Å²) in [5, 5.41) is 10.8. The van der Waals surface area contributed by atoms with E-state index in [-0.39, 0.29) is 19.6 Å². The number of carbonyl (C=O) groups is 2. The summed E-state index contributed by atoms with van der Waals surface area (Å²) < 4.78 is 4.80. The molecule has 1 aromatic rings. The predicted molar refractivity (Wildman–Crippen MR) is 83.8 cm³/mol. The molecular weight excluding hydrogens is 280 g/mol. The lowest BCUT2D eigenvalue weighted by atomic mass is 10.0. The number of ether oxygens (including phenoxy) is 1. The van der Waals surface area contributed by atoms with Gasteiger partial charge in [0, 0.05) is 12.6 Å². The van der Waals surface area contributed by atoms with Crippen LogP contribution in [-0.4, -0.2) is 25.0 Å². The van der Waals surface area contributed by atoms with E-state index in [2.05, 4.69) is 19.2 Å². The van der Waals surface area contributed by atoms with Gasteiger partial charge >= 0.3 is 5.97 Å². The Morgan fingerprint density at radius 3 is 2.59 bits per heavy atom. The van der Waals surface area contributed by atoms with E-state index >= 15 is 0 Å². The van der Waals surface area contributed by atoms with Crippen molar-refractivity contribution >= 4 is 18.0 Å². The van der Waals surface area contributed by atoms with Crippen molar-refractivity contribution in [3.8, 4) is 6.07 Å². The number of benzene rings is 1. The topological polar surface area (TPSA) is 79.2 Å². The highest BCUT2D eigenvalue weighted by atomic mass is 16.5. The second-order valence-corrected chi connectivity index (χ2v) is 5.02. The Balaban J connectivity index is 2.38. The van der Waals surface area contributed by atoms with Gasteiger partial charge in [0.1, 0.15) is 0 Å². The van der Waals surface area contributed by atoms with Crippen molar-refractivity contribution < 1.29 is 14.3 Å². The quantitative estimate of drug-likeness (QED) is 0.476. The molecule has 5 nitrogen and oxygen atoms in total. The van der Waals surface area contributed by atoms with Crippen molar-refractivity contribution in [1.82, 2.24) is 5.32 Å². The van der Waals surface area contributed by atoms with Crippen molar-refractivity contribution in [2.45, 2.75) is 26.2 Å². The number of hydrogen-bond acceptors (Lipinski definition) is 4. The Kier molecular flexibility index (Phi) is 7.41. The van der Waals surface area contributed by atoms with Crippen LogP contribution in [0.1, 0.15) is 37.3 Å². The third-order valence-corrected chi connectivity index (χ3v) is 2.92. The van der Waals surface area contributed by atoms with Gasteiger partial charge in [0.2, 0.25) is 0 Å². The first kappa shape index (κ1) is 17.4. The Hall–Kier alpha value is -2.61. The summed E-state index contributed by atoms with van der Waals surface area (Å²) in [7, 11) is 0. The van der Waals surface area contributed by atoms with Crippen molar-refractivity contribution in [3.05, 3.63) is 41.5 Å². The van der Waals surface area contributed by atoms with Crippen LogP contribution in [-0.2, 0) is 14.3 Å². The number of hydrogen-bond donors (Lipinski definition) is 1. The number of rotatable bonds is 7. The predicted octanol–water partition coefficient (Wildman–Crippen LogP) is 2.40. The molecule has 0 bridgehead atoms. The molecule has 0 aliphatic carbocycles. The fourth-order valence-electron chi connectivity index (χ4n) is 1.65. The molecule has 22 heavy (non-hydrogen) atoms. The molecule has 0 radical (unpaired) electrons. The Morgan fingerprint density at radius 2 is 2.00 bits per heavy atom. The smallest absolute Gasteiger partial charge is 0.331 e. The minimum absolute atomic E-state index is 0.228. The van der Waals surface area contributed by atoms with Gasteiger partial charge < -0.3 is 10.1 Å². The first-order valence-corrected chi connectivity index (χ1v) is 7.11. The molecule has 0 aliphatic rings. The molecule has 1 amide bonds.